The van der Waals surface area contributed by atoms with Gasteiger partial charge >= 0.3 is 11.9 Å². The van der Waals surface area contributed by atoms with Crippen LogP contribution in [0.2, 0.25) is 0 Å². The van der Waals surface area contributed by atoms with Gasteiger partial charge in [-0.1, -0.05) is 34.1 Å². The molecule has 1 spiro atoms. The highest BCUT2D eigenvalue weighted by atomic mass is 17.2. The maximum Gasteiger partial charge on any atom is 0.303 e. The Morgan fingerprint density at radius 2 is 1.83 bits per heavy atom. The SMILES string of the molecule is CC(=O)OC[C@]1(C)CCC[C@@]2(C)[C@@H]1C[C@@H](OC(C)=O)C1=C[C@@]3(C(C)C)CC[C@]12OO3. The first-order valence-electron chi connectivity index (χ1n) is 11.4. The van der Waals surface area contributed by atoms with Crippen molar-refractivity contribution in [2.24, 2.45) is 22.7 Å². The van der Waals surface area contributed by atoms with Crippen LogP contribution in [0.15, 0.2) is 11.6 Å². The van der Waals surface area contributed by atoms with Crippen LogP contribution in [0.1, 0.15) is 80.1 Å². The minimum atomic E-state index is -0.607. The van der Waals surface area contributed by atoms with Gasteiger partial charge in [0.25, 0.3) is 0 Å². The first kappa shape index (κ1) is 21.8. The van der Waals surface area contributed by atoms with Gasteiger partial charge < -0.3 is 9.47 Å². The normalized spacial score (nSPS) is 44.7. The van der Waals surface area contributed by atoms with E-state index in [2.05, 4.69) is 33.8 Å². The van der Waals surface area contributed by atoms with Crippen molar-refractivity contribution in [1.29, 1.82) is 0 Å². The fourth-order valence-electron chi connectivity index (χ4n) is 6.98. The zero-order valence-electron chi connectivity index (χ0n) is 19.2. The molecule has 0 aromatic rings. The molecule has 0 aromatic carbocycles. The van der Waals surface area contributed by atoms with E-state index < -0.39 is 11.2 Å². The number of fused-ring (bicyclic) bond motifs is 3. The van der Waals surface area contributed by atoms with Crippen LogP contribution in [-0.4, -0.2) is 35.9 Å². The summed E-state index contributed by atoms with van der Waals surface area (Å²) in [5, 5.41) is 0. The highest BCUT2D eigenvalue weighted by molar-refractivity contribution is 5.67. The summed E-state index contributed by atoms with van der Waals surface area (Å²) in [7, 11) is 0. The zero-order chi connectivity index (χ0) is 21.9. The molecule has 0 N–H and O–H groups in total. The summed E-state index contributed by atoms with van der Waals surface area (Å²) in [6.45, 7) is 12.1. The van der Waals surface area contributed by atoms with Crippen LogP contribution in [0.4, 0.5) is 0 Å². The van der Waals surface area contributed by atoms with Crippen LogP contribution in [0.3, 0.4) is 0 Å². The molecule has 3 aliphatic carbocycles. The molecule has 6 heteroatoms. The van der Waals surface area contributed by atoms with E-state index in [-0.39, 0.29) is 40.7 Å². The summed E-state index contributed by atoms with van der Waals surface area (Å²) in [5.41, 5.74) is -0.380. The molecule has 2 bridgehead atoms. The molecule has 2 saturated carbocycles. The van der Waals surface area contributed by atoms with Crippen molar-refractivity contribution in [2.45, 2.75) is 97.4 Å². The molecule has 5 rings (SSSR count). The number of carbonyl (C=O) groups is 2. The second-order valence-electron chi connectivity index (χ2n) is 10.8. The van der Waals surface area contributed by atoms with Gasteiger partial charge in [-0.3, -0.25) is 9.59 Å². The second kappa shape index (κ2) is 7.06. The summed E-state index contributed by atoms with van der Waals surface area (Å²) in [6.07, 6.45) is 7.37. The van der Waals surface area contributed by atoms with E-state index in [4.69, 9.17) is 19.2 Å². The average Bonchev–Trinajstić information content (AvgIpc) is 2.68. The fourth-order valence-corrected chi connectivity index (χ4v) is 6.98. The Hall–Kier alpha value is -1.40. The predicted molar refractivity (Wildman–Crippen MR) is 110 cm³/mol. The van der Waals surface area contributed by atoms with Crippen LogP contribution in [0.5, 0.6) is 0 Å². The minimum absolute atomic E-state index is 0.174. The van der Waals surface area contributed by atoms with Crippen LogP contribution in [-0.2, 0) is 28.8 Å². The molecule has 6 nitrogen and oxygen atoms in total. The van der Waals surface area contributed by atoms with Gasteiger partial charge in [0.2, 0.25) is 0 Å². The summed E-state index contributed by atoms with van der Waals surface area (Å²) in [4.78, 5) is 36.1. The molecule has 2 aliphatic heterocycles. The number of esters is 2. The average molecular weight is 421 g/mol. The number of rotatable bonds is 4. The maximum atomic E-state index is 12.0. The van der Waals surface area contributed by atoms with Crippen molar-refractivity contribution >= 4 is 11.9 Å². The Bertz CT molecular complexity index is 762. The third-order valence-corrected chi connectivity index (χ3v) is 8.74. The van der Waals surface area contributed by atoms with Crippen molar-refractivity contribution in [1.82, 2.24) is 0 Å². The monoisotopic (exact) mass is 420 g/mol. The first-order valence-corrected chi connectivity index (χ1v) is 11.4. The Labute approximate surface area is 179 Å². The Kier molecular flexibility index (Phi) is 5.13. The highest BCUT2D eigenvalue weighted by Crippen LogP contribution is 2.69. The molecule has 0 aromatic heterocycles. The number of ether oxygens (including phenoxy) is 2. The van der Waals surface area contributed by atoms with E-state index >= 15 is 0 Å². The molecule has 3 fully saturated rings. The topological polar surface area (TPSA) is 71.1 Å². The molecule has 30 heavy (non-hydrogen) atoms. The Morgan fingerprint density at radius 3 is 2.40 bits per heavy atom. The number of hydrogen-bond donors (Lipinski definition) is 0. The first-order chi connectivity index (χ1) is 14.0. The molecule has 0 unspecified atom stereocenters. The van der Waals surface area contributed by atoms with Crippen LogP contribution in [0.25, 0.3) is 0 Å². The molecular formula is C24H36O6. The smallest absolute Gasteiger partial charge is 0.303 e. The molecule has 2 heterocycles. The van der Waals surface area contributed by atoms with Gasteiger partial charge in [-0.25, -0.2) is 9.78 Å². The Morgan fingerprint density at radius 1 is 1.10 bits per heavy atom. The number of hydrogen-bond acceptors (Lipinski definition) is 6. The molecular weight excluding hydrogens is 384 g/mol. The van der Waals surface area contributed by atoms with Crippen molar-refractivity contribution in [3.8, 4) is 0 Å². The van der Waals surface area contributed by atoms with Crippen molar-refractivity contribution in [2.75, 3.05) is 6.61 Å². The van der Waals surface area contributed by atoms with Crippen molar-refractivity contribution in [3.05, 3.63) is 11.6 Å². The zero-order valence-corrected chi connectivity index (χ0v) is 19.2. The molecule has 6 atom stereocenters. The molecule has 1 saturated heterocycles. The van der Waals surface area contributed by atoms with Crippen LogP contribution >= 0.6 is 0 Å². The summed E-state index contributed by atoms with van der Waals surface area (Å²) in [5.74, 6) is -0.107. The van der Waals surface area contributed by atoms with Gasteiger partial charge in [-0.15, -0.1) is 0 Å². The third kappa shape index (κ3) is 2.97. The van der Waals surface area contributed by atoms with Gasteiger partial charge in [-0.2, -0.15) is 0 Å². The van der Waals surface area contributed by atoms with Gasteiger partial charge in [-0.05, 0) is 50.0 Å². The summed E-state index contributed by atoms with van der Waals surface area (Å²) in [6, 6.07) is 0. The van der Waals surface area contributed by atoms with E-state index in [0.717, 1.165) is 44.1 Å². The van der Waals surface area contributed by atoms with Crippen molar-refractivity contribution in [3.63, 3.8) is 0 Å². The second-order valence-corrected chi connectivity index (χ2v) is 10.8. The van der Waals surface area contributed by atoms with Crippen molar-refractivity contribution < 1.29 is 28.8 Å². The van der Waals surface area contributed by atoms with E-state index in [1.54, 1.807) is 0 Å². The van der Waals surface area contributed by atoms with Gasteiger partial charge in [0, 0.05) is 30.3 Å². The lowest BCUT2D eigenvalue weighted by Crippen LogP contribution is -2.70. The van der Waals surface area contributed by atoms with Gasteiger partial charge in [0.1, 0.15) is 17.3 Å². The lowest BCUT2D eigenvalue weighted by atomic mass is 9.43. The largest absolute Gasteiger partial charge is 0.465 e. The highest BCUT2D eigenvalue weighted by Gasteiger charge is 2.70. The molecule has 0 radical (unpaired) electrons. The van der Waals surface area contributed by atoms with E-state index in [1.165, 1.54) is 13.8 Å². The lowest BCUT2D eigenvalue weighted by molar-refractivity contribution is -0.468. The minimum Gasteiger partial charge on any atom is -0.465 e. The van der Waals surface area contributed by atoms with Gasteiger partial charge in [0.15, 0.2) is 0 Å². The summed E-state index contributed by atoms with van der Waals surface area (Å²) >= 11 is 0. The lowest BCUT2D eigenvalue weighted by Gasteiger charge is -2.67. The standard InChI is InChI=1S/C24H36O6/c1-15(2)23-10-11-24(30-29-23)18(13-23)19(28-17(4)26)12-20-21(5,14-27-16(3)25)8-7-9-22(20,24)6/h13,15,19-20H,7-12,14H2,1-6H3/t19-,20-,21+,22+,23-,24+/m1/s1. The quantitative estimate of drug-likeness (QED) is 0.378. The third-order valence-electron chi connectivity index (χ3n) is 8.74. The number of carbonyl (C=O) groups excluding carboxylic acids is 2. The molecule has 168 valence electrons. The predicted octanol–water partition coefficient (Wildman–Crippen LogP) is 4.51. The van der Waals surface area contributed by atoms with E-state index in [9.17, 15) is 9.59 Å². The van der Waals surface area contributed by atoms with E-state index in [0.29, 0.717) is 6.61 Å². The van der Waals surface area contributed by atoms with E-state index in [1.807, 2.05) is 0 Å². The maximum absolute atomic E-state index is 12.0. The molecule has 5 aliphatic rings. The summed E-state index contributed by atoms with van der Waals surface area (Å²) < 4.78 is 11.4. The molecule has 0 amide bonds. The van der Waals surface area contributed by atoms with Crippen LogP contribution < -0.4 is 0 Å². The fraction of sp³-hybridized carbons (Fsp3) is 0.833. The Balaban J connectivity index is 1.81. The van der Waals surface area contributed by atoms with Gasteiger partial charge in [0.05, 0.1) is 6.61 Å². The van der Waals surface area contributed by atoms with Crippen LogP contribution in [0, 0.1) is 22.7 Å².